The van der Waals surface area contributed by atoms with Crippen LogP contribution in [0.3, 0.4) is 0 Å². The predicted molar refractivity (Wildman–Crippen MR) is 112 cm³/mol. The van der Waals surface area contributed by atoms with E-state index in [0.717, 1.165) is 22.0 Å². The van der Waals surface area contributed by atoms with Gasteiger partial charge in [0.2, 0.25) is 5.70 Å². The van der Waals surface area contributed by atoms with E-state index in [0.29, 0.717) is 16.5 Å². The Labute approximate surface area is 171 Å². The van der Waals surface area contributed by atoms with Gasteiger partial charge in [0.05, 0.1) is 17.1 Å². The molecule has 6 nitrogen and oxygen atoms in total. The molecule has 0 aromatic heterocycles. The first-order chi connectivity index (χ1) is 13.6. The van der Waals surface area contributed by atoms with Gasteiger partial charge < -0.3 is 10.1 Å². The van der Waals surface area contributed by atoms with Gasteiger partial charge in [-0.05, 0) is 41.1 Å². The average Bonchev–Trinajstić information content (AvgIpc) is 3.07. The normalized spacial score (nSPS) is 23.9. The van der Waals surface area contributed by atoms with Crippen LogP contribution in [0.5, 0.6) is 5.75 Å². The number of aliphatic imine (C=N–C) groups is 1. The van der Waals surface area contributed by atoms with E-state index in [4.69, 9.17) is 16.3 Å². The minimum absolute atomic E-state index is 0.0123. The molecule has 2 aromatic rings. The SMILES string of the molecule is CC1=CN=C2SC(c3ccc4c(c3)NC(=O)CO4)C(c3ccccc3Cl)N[N+]12. The summed E-state index contributed by atoms with van der Waals surface area (Å²) in [6.07, 6.45) is 1.85. The number of hydrogen-bond donors (Lipinski definition) is 2. The molecule has 5 rings (SSSR count). The lowest BCUT2D eigenvalue weighted by molar-refractivity contribution is -0.118. The molecule has 2 N–H and O–H groups in total. The standard InChI is InChI=1S/C20H17ClN4O2S/c1-11-9-22-20-25(11)24-18(13-4-2-3-5-14(13)21)19(28-20)12-6-7-16-15(8-12)23-17(26)10-27-16/h2-9,18-19,24H,10H2,1H3,(H,23,26)/q+1. The third-order valence-corrected chi connectivity index (χ3v) is 6.56. The molecule has 0 aliphatic carbocycles. The fourth-order valence-corrected chi connectivity index (χ4v) is 5.06. The molecular formula is C20H17ClN4O2S+. The summed E-state index contributed by atoms with van der Waals surface area (Å²) < 4.78 is 5.50. The maximum absolute atomic E-state index is 11.7. The summed E-state index contributed by atoms with van der Waals surface area (Å²) in [5.41, 5.74) is 7.36. The van der Waals surface area contributed by atoms with Crippen LogP contribution in [-0.4, -0.2) is 17.7 Å². The highest BCUT2D eigenvalue weighted by molar-refractivity contribution is 8.14. The van der Waals surface area contributed by atoms with Crippen molar-refractivity contribution in [2.75, 3.05) is 11.9 Å². The summed E-state index contributed by atoms with van der Waals surface area (Å²) >= 11 is 8.21. The molecule has 8 heteroatoms. The van der Waals surface area contributed by atoms with Crippen LogP contribution >= 0.6 is 23.4 Å². The molecule has 3 aliphatic rings. The number of allylic oxidation sites excluding steroid dienone is 1. The van der Waals surface area contributed by atoms with Gasteiger partial charge in [-0.15, -0.1) is 0 Å². The molecule has 2 atom stereocenters. The maximum Gasteiger partial charge on any atom is 0.341 e. The smallest absolute Gasteiger partial charge is 0.341 e. The van der Waals surface area contributed by atoms with Crippen molar-refractivity contribution >= 4 is 40.1 Å². The number of fused-ring (bicyclic) bond motifs is 2. The van der Waals surface area contributed by atoms with Crippen LogP contribution < -0.4 is 20.5 Å². The summed E-state index contributed by atoms with van der Waals surface area (Å²) in [7, 11) is 0. The van der Waals surface area contributed by atoms with Gasteiger partial charge in [-0.25, -0.2) is 0 Å². The molecule has 3 heterocycles. The van der Waals surface area contributed by atoms with Crippen LogP contribution in [0, 0.1) is 0 Å². The largest absolute Gasteiger partial charge is 0.482 e. The van der Waals surface area contributed by atoms with Crippen molar-refractivity contribution in [2.45, 2.75) is 18.2 Å². The molecule has 141 valence electrons. The Morgan fingerprint density at radius 3 is 3.00 bits per heavy atom. The number of amides is 1. The number of ether oxygens (including phenoxy) is 1. The molecule has 0 saturated carbocycles. The zero-order valence-electron chi connectivity index (χ0n) is 15.0. The third-order valence-electron chi connectivity index (χ3n) is 4.91. The van der Waals surface area contributed by atoms with Gasteiger partial charge in [0.1, 0.15) is 11.8 Å². The Morgan fingerprint density at radius 1 is 1.29 bits per heavy atom. The molecule has 2 aromatic carbocycles. The van der Waals surface area contributed by atoms with E-state index in [1.165, 1.54) is 0 Å². The van der Waals surface area contributed by atoms with Gasteiger partial charge in [-0.2, -0.15) is 4.99 Å². The lowest BCUT2D eigenvalue weighted by Crippen LogP contribution is -2.51. The van der Waals surface area contributed by atoms with Gasteiger partial charge in [0, 0.05) is 17.0 Å². The second kappa shape index (κ2) is 6.93. The van der Waals surface area contributed by atoms with Crippen molar-refractivity contribution in [1.82, 2.24) is 10.4 Å². The predicted octanol–water partition coefficient (Wildman–Crippen LogP) is 4.08. The Hall–Kier alpha value is -2.32. The van der Waals surface area contributed by atoms with Crippen molar-refractivity contribution in [3.05, 3.63) is 70.5 Å². The summed E-state index contributed by atoms with van der Waals surface area (Å²) in [6, 6.07) is 13.7. The highest BCUT2D eigenvalue weighted by atomic mass is 35.5. The van der Waals surface area contributed by atoms with Crippen molar-refractivity contribution < 1.29 is 9.53 Å². The molecule has 0 spiro atoms. The summed E-state index contributed by atoms with van der Waals surface area (Å²) in [6.45, 7) is 2.06. The molecule has 0 bridgehead atoms. The Balaban J connectivity index is 1.57. The first-order valence-electron chi connectivity index (χ1n) is 8.89. The summed E-state index contributed by atoms with van der Waals surface area (Å²) in [4.78, 5) is 16.2. The molecule has 1 fully saturated rings. The lowest BCUT2D eigenvalue weighted by atomic mass is 9.97. The Kier molecular flexibility index (Phi) is 4.40. The quantitative estimate of drug-likeness (QED) is 0.729. The number of amidine groups is 1. The number of anilines is 1. The Morgan fingerprint density at radius 2 is 2.14 bits per heavy atom. The van der Waals surface area contributed by atoms with Gasteiger partial charge in [0.15, 0.2) is 6.61 Å². The minimum atomic E-state index is -0.145. The Bertz CT molecular complexity index is 1040. The van der Waals surface area contributed by atoms with Crippen LogP contribution in [0.15, 0.2) is 59.4 Å². The van der Waals surface area contributed by atoms with Crippen molar-refractivity contribution in [3.8, 4) is 5.75 Å². The van der Waals surface area contributed by atoms with E-state index < -0.39 is 0 Å². The first-order valence-corrected chi connectivity index (χ1v) is 10.1. The van der Waals surface area contributed by atoms with Crippen LogP contribution in [-0.2, 0) is 4.79 Å². The van der Waals surface area contributed by atoms with Gasteiger partial charge >= 0.3 is 5.17 Å². The number of carbonyl (C=O) groups excluding carboxylic acids is 1. The number of benzene rings is 2. The number of nitrogens with one attached hydrogen (secondary N) is 2. The number of hydrazine groups is 1. The second-order valence-electron chi connectivity index (χ2n) is 6.78. The number of carbonyl (C=O) groups is 1. The minimum Gasteiger partial charge on any atom is -0.482 e. The van der Waals surface area contributed by atoms with E-state index in [-0.39, 0.29) is 23.8 Å². The molecule has 1 radical (unpaired) electrons. The monoisotopic (exact) mass is 412 g/mol. The summed E-state index contributed by atoms with van der Waals surface area (Å²) in [5, 5.41) is 6.50. The van der Waals surface area contributed by atoms with Crippen molar-refractivity contribution in [1.29, 1.82) is 0 Å². The van der Waals surface area contributed by atoms with Crippen molar-refractivity contribution in [3.63, 3.8) is 0 Å². The average molecular weight is 413 g/mol. The number of halogens is 1. The number of thioether (sulfide) groups is 1. The van der Waals surface area contributed by atoms with Crippen LogP contribution in [0.1, 0.15) is 29.3 Å². The highest BCUT2D eigenvalue weighted by Crippen LogP contribution is 2.48. The third kappa shape index (κ3) is 3.00. The summed E-state index contributed by atoms with van der Waals surface area (Å²) in [5.74, 6) is 0.539. The lowest BCUT2D eigenvalue weighted by Gasteiger charge is -2.32. The fraction of sp³-hybridized carbons (Fsp3) is 0.200. The van der Waals surface area contributed by atoms with E-state index in [1.54, 1.807) is 11.8 Å². The number of nitrogens with zero attached hydrogens (tertiary/aromatic N) is 2. The van der Waals surface area contributed by atoms with E-state index >= 15 is 0 Å². The van der Waals surface area contributed by atoms with E-state index in [2.05, 4.69) is 15.7 Å². The number of hydrogen-bond acceptors (Lipinski definition) is 6. The fourth-order valence-electron chi connectivity index (χ4n) is 3.54. The topological polar surface area (TPSA) is 68.6 Å². The van der Waals surface area contributed by atoms with Crippen LogP contribution in [0.2, 0.25) is 5.02 Å². The molecule has 1 amide bonds. The second-order valence-corrected chi connectivity index (χ2v) is 8.29. The van der Waals surface area contributed by atoms with Crippen LogP contribution in [0.4, 0.5) is 5.69 Å². The van der Waals surface area contributed by atoms with E-state index in [1.807, 2.05) is 60.6 Å². The molecule has 3 aliphatic heterocycles. The zero-order chi connectivity index (χ0) is 19.3. The van der Waals surface area contributed by atoms with Gasteiger partial charge in [-0.3, -0.25) is 4.79 Å². The zero-order valence-corrected chi connectivity index (χ0v) is 16.6. The molecule has 1 saturated heterocycles. The van der Waals surface area contributed by atoms with E-state index in [9.17, 15) is 4.79 Å². The van der Waals surface area contributed by atoms with Gasteiger partial charge in [-0.1, -0.05) is 41.3 Å². The maximum atomic E-state index is 11.7. The van der Waals surface area contributed by atoms with Crippen LogP contribution in [0.25, 0.3) is 0 Å². The van der Waals surface area contributed by atoms with Crippen molar-refractivity contribution in [2.24, 2.45) is 4.99 Å². The molecule has 2 unspecified atom stereocenters. The molecular weight excluding hydrogens is 396 g/mol. The number of rotatable bonds is 2. The molecule has 28 heavy (non-hydrogen) atoms. The van der Waals surface area contributed by atoms with Gasteiger partial charge in [0.25, 0.3) is 5.91 Å². The highest BCUT2D eigenvalue weighted by Gasteiger charge is 2.47. The first kappa shape index (κ1) is 17.8.